The maximum atomic E-state index is 12.1. The van der Waals surface area contributed by atoms with E-state index < -0.39 is 11.8 Å². The minimum atomic E-state index is -0.907. The van der Waals surface area contributed by atoms with Crippen molar-refractivity contribution in [1.82, 2.24) is 5.43 Å². The smallest absolute Gasteiger partial charge is 0.329 e. The molecule has 0 heterocycles. The first-order valence-corrected chi connectivity index (χ1v) is 10.1. The Morgan fingerprint density at radius 2 is 1.61 bits per heavy atom. The second-order valence-electron chi connectivity index (χ2n) is 6.31. The molecule has 0 saturated carbocycles. The van der Waals surface area contributed by atoms with Crippen molar-refractivity contribution in [2.45, 2.75) is 6.61 Å². The number of anilines is 1. The predicted octanol–water partition coefficient (Wildman–Crippen LogP) is 4.13. The van der Waals surface area contributed by atoms with Crippen LogP contribution in [0.4, 0.5) is 5.69 Å². The van der Waals surface area contributed by atoms with Crippen LogP contribution in [0.15, 0.2) is 82.4 Å². The number of nitrogens with zero attached hydrogens (tertiary/aromatic N) is 1. The third kappa shape index (κ3) is 6.42. The minimum absolute atomic E-state index is 0.381. The number of hydrogen-bond acceptors (Lipinski definition) is 5. The summed E-state index contributed by atoms with van der Waals surface area (Å²) in [6.45, 7) is 0.381. The number of carbonyl (C=O) groups excluding carboxylic acids is 2. The summed E-state index contributed by atoms with van der Waals surface area (Å²) < 4.78 is 12.0. The number of amides is 2. The zero-order valence-electron chi connectivity index (χ0n) is 16.7. The largest absolute Gasteiger partial charge is 0.495 e. The lowest BCUT2D eigenvalue weighted by molar-refractivity contribution is -0.136. The number of carbonyl (C=O) groups is 2. The predicted molar refractivity (Wildman–Crippen MR) is 122 cm³/mol. The van der Waals surface area contributed by atoms with Gasteiger partial charge < -0.3 is 14.8 Å². The molecule has 0 aromatic heterocycles. The number of nitrogens with one attached hydrogen (secondary N) is 2. The average molecular weight is 482 g/mol. The lowest BCUT2D eigenvalue weighted by Gasteiger charge is -2.09. The van der Waals surface area contributed by atoms with Gasteiger partial charge in [0.25, 0.3) is 0 Å². The summed E-state index contributed by atoms with van der Waals surface area (Å²) in [5.41, 5.74) is 4.27. The van der Waals surface area contributed by atoms with Crippen molar-refractivity contribution in [2.24, 2.45) is 5.10 Å². The summed E-state index contributed by atoms with van der Waals surface area (Å²) in [6, 6.07) is 21.9. The van der Waals surface area contributed by atoms with E-state index in [0.717, 1.165) is 10.0 Å². The van der Waals surface area contributed by atoms with Gasteiger partial charge in [-0.25, -0.2) is 5.43 Å². The molecule has 3 aromatic carbocycles. The van der Waals surface area contributed by atoms with E-state index in [1.807, 2.05) is 36.4 Å². The summed E-state index contributed by atoms with van der Waals surface area (Å²) in [5.74, 6) is -0.720. The Labute approximate surface area is 188 Å². The third-order valence-corrected chi connectivity index (χ3v) is 4.69. The van der Waals surface area contributed by atoms with Crippen LogP contribution in [-0.2, 0) is 16.2 Å². The molecule has 0 fully saturated rings. The zero-order valence-corrected chi connectivity index (χ0v) is 18.3. The van der Waals surface area contributed by atoms with E-state index in [4.69, 9.17) is 9.47 Å². The number of hydrogen-bond donors (Lipinski definition) is 2. The summed E-state index contributed by atoms with van der Waals surface area (Å²) in [6.07, 6.45) is 1.42. The van der Waals surface area contributed by atoms with Gasteiger partial charge >= 0.3 is 11.8 Å². The molecule has 0 aliphatic heterocycles. The molecule has 0 aliphatic carbocycles. The van der Waals surface area contributed by atoms with E-state index >= 15 is 0 Å². The molecular formula is C23H20BrN3O4. The van der Waals surface area contributed by atoms with Crippen LogP contribution < -0.4 is 20.2 Å². The molecule has 0 bridgehead atoms. The first-order valence-electron chi connectivity index (χ1n) is 9.30. The van der Waals surface area contributed by atoms with E-state index in [9.17, 15) is 9.59 Å². The molecule has 0 spiro atoms. The van der Waals surface area contributed by atoms with Crippen LogP contribution in [0, 0.1) is 0 Å². The van der Waals surface area contributed by atoms with Crippen LogP contribution in [0.3, 0.4) is 0 Å². The molecular weight excluding hydrogens is 462 g/mol. The molecule has 2 amide bonds. The highest BCUT2D eigenvalue weighted by Gasteiger charge is 2.15. The van der Waals surface area contributed by atoms with E-state index in [-0.39, 0.29) is 0 Å². The molecule has 3 rings (SSSR count). The van der Waals surface area contributed by atoms with Crippen LogP contribution in [0.5, 0.6) is 11.5 Å². The highest BCUT2D eigenvalue weighted by atomic mass is 79.9. The molecule has 2 N–H and O–H groups in total. The Bertz CT molecular complexity index is 1080. The number of halogens is 1. The standard InChI is InChI=1S/C23H20BrN3O4/c1-30-21-9-5-3-7-19(21)26-22(28)23(29)27-25-14-17-6-2-4-8-20(17)31-15-16-10-12-18(24)13-11-16/h2-14H,15H2,1H3,(H,26,28)(H,27,29). The molecule has 7 nitrogen and oxygen atoms in total. The molecule has 0 saturated heterocycles. The maximum absolute atomic E-state index is 12.1. The number of benzene rings is 3. The monoisotopic (exact) mass is 481 g/mol. The van der Waals surface area contributed by atoms with Gasteiger partial charge in [-0.15, -0.1) is 0 Å². The maximum Gasteiger partial charge on any atom is 0.329 e. The fourth-order valence-corrected chi connectivity index (χ4v) is 2.86. The van der Waals surface area contributed by atoms with E-state index in [1.54, 1.807) is 36.4 Å². The fourth-order valence-electron chi connectivity index (χ4n) is 2.60. The second-order valence-corrected chi connectivity index (χ2v) is 7.22. The lowest BCUT2D eigenvalue weighted by Crippen LogP contribution is -2.32. The van der Waals surface area contributed by atoms with Crippen molar-refractivity contribution < 1.29 is 19.1 Å². The van der Waals surface area contributed by atoms with E-state index in [2.05, 4.69) is 31.8 Å². The van der Waals surface area contributed by atoms with Crippen molar-refractivity contribution in [2.75, 3.05) is 12.4 Å². The van der Waals surface area contributed by atoms with Crippen molar-refractivity contribution in [3.05, 3.63) is 88.4 Å². The summed E-state index contributed by atoms with van der Waals surface area (Å²) in [7, 11) is 1.48. The Kier molecular flexibility index (Phi) is 7.78. The van der Waals surface area contributed by atoms with Crippen LogP contribution in [0.2, 0.25) is 0 Å². The highest BCUT2D eigenvalue weighted by Crippen LogP contribution is 2.23. The summed E-state index contributed by atoms with van der Waals surface area (Å²) in [5, 5.41) is 6.36. The first kappa shape index (κ1) is 22.0. The first-order chi connectivity index (χ1) is 15.1. The number of rotatable bonds is 7. The van der Waals surface area contributed by atoms with Crippen LogP contribution in [-0.4, -0.2) is 25.1 Å². The summed E-state index contributed by atoms with van der Waals surface area (Å²) in [4.78, 5) is 24.1. The van der Waals surface area contributed by atoms with Crippen molar-refractivity contribution in [1.29, 1.82) is 0 Å². The van der Waals surface area contributed by atoms with Gasteiger partial charge in [-0.1, -0.05) is 52.3 Å². The van der Waals surface area contributed by atoms with Gasteiger partial charge in [0.2, 0.25) is 0 Å². The van der Waals surface area contributed by atoms with Gasteiger partial charge in [0, 0.05) is 10.0 Å². The third-order valence-electron chi connectivity index (χ3n) is 4.16. The molecule has 31 heavy (non-hydrogen) atoms. The van der Waals surface area contributed by atoms with E-state index in [0.29, 0.717) is 29.4 Å². The van der Waals surface area contributed by atoms with Crippen molar-refractivity contribution in [3.8, 4) is 11.5 Å². The highest BCUT2D eigenvalue weighted by molar-refractivity contribution is 9.10. The average Bonchev–Trinajstić information content (AvgIpc) is 2.79. The Morgan fingerprint density at radius 1 is 0.935 bits per heavy atom. The van der Waals surface area contributed by atoms with Gasteiger partial charge in [0.05, 0.1) is 19.0 Å². The van der Waals surface area contributed by atoms with Crippen LogP contribution >= 0.6 is 15.9 Å². The SMILES string of the molecule is COc1ccccc1NC(=O)C(=O)NN=Cc1ccccc1OCc1ccc(Br)cc1. The van der Waals surface area contributed by atoms with Crippen LogP contribution in [0.1, 0.15) is 11.1 Å². The van der Waals surface area contributed by atoms with Crippen molar-refractivity contribution in [3.63, 3.8) is 0 Å². The molecule has 0 radical (unpaired) electrons. The quantitative estimate of drug-likeness (QED) is 0.301. The van der Waals surface area contributed by atoms with E-state index in [1.165, 1.54) is 13.3 Å². The fraction of sp³-hybridized carbons (Fsp3) is 0.0870. The lowest BCUT2D eigenvalue weighted by atomic mass is 10.2. The number of ether oxygens (including phenoxy) is 2. The van der Waals surface area contributed by atoms with Gasteiger partial charge in [0.1, 0.15) is 18.1 Å². The summed E-state index contributed by atoms with van der Waals surface area (Å²) >= 11 is 3.40. The molecule has 8 heteroatoms. The number of hydrazone groups is 1. The zero-order chi connectivity index (χ0) is 22.1. The molecule has 3 aromatic rings. The van der Waals surface area contributed by atoms with Crippen molar-refractivity contribution >= 4 is 39.6 Å². The number of para-hydroxylation sites is 3. The Balaban J connectivity index is 1.58. The second kappa shape index (κ2) is 10.9. The van der Waals surface area contributed by atoms with Gasteiger partial charge in [-0.2, -0.15) is 5.10 Å². The Hall–Kier alpha value is -3.65. The minimum Gasteiger partial charge on any atom is -0.495 e. The van der Waals surface area contributed by atoms with Gasteiger partial charge in [-0.05, 0) is 42.0 Å². The van der Waals surface area contributed by atoms with Gasteiger partial charge in [-0.3, -0.25) is 9.59 Å². The van der Waals surface area contributed by atoms with Crippen LogP contribution in [0.25, 0.3) is 0 Å². The normalized spacial score (nSPS) is 10.5. The molecule has 158 valence electrons. The molecule has 0 aliphatic rings. The van der Waals surface area contributed by atoms with Gasteiger partial charge in [0.15, 0.2) is 0 Å². The Morgan fingerprint density at radius 3 is 2.35 bits per heavy atom. The topological polar surface area (TPSA) is 89.0 Å². The number of methoxy groups -OCH3 is 1. The molecule has 0 atom stereocenters. The molecule has 0 unspecified atom stereocenters.